The molecule has 0 aliphatic carbocycles. The molecular weight excluding hydrogens is 377 g/mol. The molecule has 0 bridgehead atoms. The van der Waals surface area contributed by atoms with Gasteiger partial charge in [-0.15, -0.1) is 30.6 Å². The summed E-state index contributed by atoms with van der Waals surface area (Å²) in [4.78, 5) is 4.02. The SMILES string of the molecule is FC(F)(F)c1nnc2ccc(N3CCN(c4ccc5nncn5n4)CC3)nn12. The zero-order chi connectivity index (χ0) is 19.3. The highest BCUT2D eigenvalue weighted by molar-refractivity contribution is 5.49. The highest BCUT2D eigenvalue weighted by Gasteiger charge is 2.37. The number of piperazine rings is 1. The number of alkyl halides is 3. The quantitative estimate of drug-likeness (QED) is 0.499. The Hall–Kier alpha value is -3.51. The molecule has 1 aliphatic heterocycles. The largest absolute Gasteiger partial charge is 0.453 e. The predicted octanol–water partition coefficient (Wildman–Crippen LogP) is 0.907. The Morgan fingerprint density at radius 1 is 0.750 bits per heavy atom. The van der Waals surface area contributed by atoms with Crippen LogP contribution >= 0.6 is 0 Å². The van der Waals surface area contributed by atoms with Crippen molar-refractivity contribution in [3.05, 3.63) is 36.4 Å². The maximum Gasteiger partial charge on any atom is 0.453 e. The number of aromatic nitrogens is 8. The van der Waals surface area contributed by atoms with Crippen LogP contribution in [0.3, 0.4) is 0 Å². The van der Waals surface area contributed by atoms with Gasteiger partial charge in [-0.05, 0) is 24.3 Å². The van der Waals surface area contributed by atoms with Gasteiger partial charge in [-0.2, -0.15) is 22.2 Å². The van der Waals surface area contributed by atoms with Crippen molar-refractivity contribution in [3.63, 3.8) is 0 Å². The first-order valence-electron chi connectivity index (χ1n) is 8.46. The first-order chi connectivity index (χ1) is 13.5. The lowest BCUT2D eigenvalue weighted by molar-refractivity contribution is -0.146. The normalized spacial score (nSPS) is 15.7. The van der Waals surface area contributed by atoms with Crippen molar-refractivity contribution in [1.82, 2.24) is 39.6 Å². The Balaban J connectivity index is 1.36. The van der Waals surface area contributed by atoms with Crippen molar-refractivity contribution in [2.45, 2.75) is 6.18 Å². The molecule has 10 nitrogen and oxygen atoms in total. The van der Waals surface area contributed by atoms with Crippen molar-refractivity contribution in [3.8, 4) is 0 Å². The molecule has 0 spiro atoms. The Bertz CT molecular complexity index is 1140. The van der Waals surface area contributed by atoms with Crippen LogP contribution in [0, 0.1) is 0 Å². The Morgan fingerprint density at radius 2 is 1.39 bits per heavy atom. The van der Waals surface area contributed by atoms with Gasteiger partial charge in [0.2, 0.25) is 0 Å². The fraction of sp³-hybridized carbons (Fsp3) is 0.333. The van der Waals surface area contributed by atoms with Gasteiger partial charge in [0.1, 0.15) is 18.0 Å². The Kier molecular flexibility index (Phi) is 3.57. The number of hydrogen-bond donors (Lipinski definition) is 0. The second-order valence-corrected chi connectivity index (χ2v) is 6.28. The monoisotopic (exact) mass is 390 g/mol. The summed E-state index contributed by atoms with van der Waals surface area (Å²) >= 11 is 0. The maximum atomic E-state index is 13.1. The molecule has 0 amide bonds. The van der Waals surface area contributed by atoms with Crippen LogP contribution in [0.5, 0.6) is 0 Å². The molecule has 0 saturated carbocycles. The van der Waals surface area contributed by atoms with Gasteiger partial charge in [-0.25, -0.2) is 0 Å². The van der Waals surface area contributed by atoms with Gasteiger partial charge < -0.3 is 9.80 Å². The lowest BCUT2D eigenvalue weighted by Crippen LogP contribution is -2.47. The number of halogens is 3. The third-order valence-electron chi connectivity index (χ3n) is 4.58. The third kappa shape index (κ3) is 2.75. The molecule has 1 saturated heterocycles. The van der Waals surface area contributed by atoms with Gasteiger partial charge in [-0.1, -0.05) is 0 Å². The number of fused-ring (bicyclic) bond motifs is 2. The van der Waals surface area contributed by atoms with Crippen molar-refractivity contribution >= 4 is 22.9 Å². The van der Waals surface area contributed by atoms with Crippen LogP contribution in [0.15, 0.2) is 30.6 Å². The van der Waals surface area contributed by atoms with E-state index in [-0.39, 0.29) is 5.65 Å². The van der Waals surface area contributed by atoms with Gasteiger partial charge in [0.05, 0.1) is 0 Å². The van der Waals surface area contributed by atoms with E-state index in [9.17, 15) is 13.2 Å². The van der Waals surface area contributed by atoms with Crippen molar-refractivity contribution in [2.75, 3.05) is 36.0 Å². The minimum Gasteiger partial charge on any atom is -0.352 e. The van der Waals surface area contributed by atoms with Gasteiger partial charge in [0.15, 0.2) is 11.3 Å². The first kappa shape index (κ1) is 16.6. The molecule has 0 unspecified atom stereocenters. The van der Waals surface area contributed by atoms with E-state index in [1.807, 2.05) is 17.0 Å². The summed E-state index contributed by atoms with van der Waals surface area (Å²) in [7, 11) is 0. The molecule has 4 aromatic heterocycles. The second kappa shape index (κ2) is 6.00. The summed E-state index contributed by atoms with van der Waals surface area (Å²) in [5.41, 5.74) is 0.718. The highest BCUT2D eigenvalue weighted by atomic mass is 19.4. The van der Waals surface area contributed by atoms with E-state index in [1.165, 1.54) is 12.4 Å². The van der Waals surface area contributed by atoms with Crippen molar-refractivity contribution < 1.29 is 13.2 Å². The third-order valence-corrected chi connectivity index (χ3v) is 4.58. The zero-order valence-corrected chi connectivity index (χ0v) is 14.3. The summed E-state index contributed by atoms with van der Waals surface area (Å²) < 4.78 is 41.5. The van der Waals surface area contributed by atoms with E-state index in [2.05, 4.69) is 35.5 Å². The Labute approximate surface area is 155 Å². The summed E-state index contributed by atoms with van der Waals surface area (Å²) in [6.07, 6.45) is -3.08. The average Bonchev–Trinajstić information content (AvgIpc) is 3.33. The molecule has 5 heterocycles. The topological polar surface area (TPSA) is 92.6 Å². The molecule has 0 aromatic carbocycles. The molecular formula is C15H13F3N10. The lowest BCUT2D eigenvalue weighted by Gasteiger charge is -2.35. The van der Waals surface area contributed by atoms with E-state index >= 15 is 0 Å². The van der Waals surface area contributed by atoms with Crippen LogP contribution in [-0.2, 0) is 6.18 Å². The zero-order valence-electron chi connectivity index (χ0n) is 14.3. The van der Waals surface area contributed by atoms with E-state index in [4.69, 9.17) is 0 Å². The van der Waals surface area contributed by atoms with Crippen LogP contribution in [0.4, 0.5) is 24.8 Å². The van der Waals surface area contributed by atoms with Crippen LogP contribution in [-0.4, -0.2) is 65.8 Å². The van der Waals surface area contributed by atoms with Gasteiger partial charge in [0.25, 0.3) is 5.82 Å². The van der Waals surface area contributed by atoms with Crippen LogP contribution < -0.4 is 9.80 Å². The summed E-state index contributed by atoms with van der Waals surface area (Å²) in [6, 6.07) is 6.85. The predicted molar refractivity (Wildman–Crippen MR) is 91.0 cm³/mol. The average molecular weight is 390 g/mol. The molecule has 28 heavy (non-hydrogen) atoms. The van der Waals surface area contributed by atoms with Crippen molar-refractivity contribution in [1.29, 1.82) is 0 Å². The van der Waals surface area contributed by atoms with Crippen LogP contribution in [0.2, 0.25) is 0 Å². The molecule has 144 valence electrons. The first-order valence-corrected chi connectivity index (χ1v) is 8.46. The fourth-order valence-corrected chi connectivity index (χ4v) is 3.18. The van der Waals surface area contributed by atoms with E-state index in [0.29, 0.717) is 37.6 Å². The van der Waals surface area contributed by atoms with Gasteiger partial charge in [0, 0.05) is 26.2 Å². The highest BCUT2D eigenvalue weighted by Crippen LogP contribution is 2.28. The maximum absolute atomic E-state index is 13.1. The summed E-state index contributed by atoms with van der Waals surface area (Å²) in [6.45, 7) is 2.47. The number of hydrogen-bond acceptors (Lipinski definition) is 8. The van der Waals surface area contributed by atoms with E-state index < -0.39 is 12.0 Å². The molecule has 0 radical (unpaired) electrons. The van der Waals surface area contributed by atoms with E-state index in [0.717, 1.165) is 10.3 Å². The lowest BCUT2D eigenvalue weighted by atomic mass is 10.3. The van der Waals surface area contributed by atoms with Gasteiger partial charge in [-0.3, -0.25) is 0 Å². The molecule has 0 atom stereocenters. The summed E-state index contributed by atoms with van der Waals surface area (Å²) in [5, 5.41) is 23.0. The smallest absolute Gasteiger partial charge is 0.352 e. The molecule has 5 rings (SSSR count). The van der Waals surface area contributed by atoms with Crippen LogP contribution in [0.25, 0.3) is 11.3 Å². The second-order valence-electron chi connectivity index (χ2n) is 6.28. The standard InChI is InChI=1S/C15H13F3N10/c16-15(17,18)14-22-21-11-2-4-13(24-28(11)14)26-7-5-25(6-8-26)12-3-1-10-20-19-9-27(10)23-12/h1-4,9H,5-8H2. The molecule has 4 aromatic rings. The summed E-state index contributed by atoms with van der Waals surface area (Å²) in [5.74, 6) is 0.0997. The van der Waals surface area contributed by atoms with Crippen molar-refractivity contribution in [2.24, 2.45) is 0 Å². The molecule has 1 aliphatic rings. The van der Waals surface area contributed by atoms with Crippen LogP contribution in [0.1, 0.15) is 5.82 Å². The minimum atomic E-state index is -4.61. The molecule has 1 fully saturated rings. The number of nitrogens with zero attached hydrogens (tertiary/aromatic N) is 10. The fourth-order valence-electron chi connectivity index (χ4n) is 3.18. The molecule has 0 N–H and O–H groups in total. The molecule has 13 heteroatoms. The Morgan fingerprint density at radius 3 is 2.07 bits per heavy atom. The van der Waals surface area contributed by atoms with Gasteiger partial charge >= 0.3 is 6.18 Å². The minimum absolute atomic E-state index is 0.0566. The number of rotatable bonds is 2. The van der Waals surface area contributed by atoms with E-state index in [1.54, 1.807) is 10.6 Å². The number of anilines is 2.